The highest BCUT2D eigenvalue weighted by Crippen LogP contribution is 2.31. The average molecular weight is 553 g/mol. The van der Waals surface area contributed by atoms with Gasteiger partial charge in [0.25, 0.3) is 0 Å². The highest BCUT2D eigenvalue weighted by molar-refractivity contribution is 5.80. The van der Waals surface area contributed by atoms with Crippen molar-refractivity contribution in [3.05, 3.63) is 0 Å². The molecular weight excluding hydrogens is 508 g/mol. The molecule has 2 heterocycles. The van der Waals surface area contributed by atoms with Crippen molar-refractivity contribution in [3.8, 4) is 0 Å². The van der Waals surface area contributed by atoms with Gasteiger partial charge in [-0.15, -0.1) is 0 Å². The fourth-order valence-electron chi connectivity index (χ4n) is 5.02. The summed E-state index contributed by atoms with van der Waals surface area (Å²) in [5.41, 5.74) is 29.6. The molecule has 16 nitrogen and oxygen atoms in total. The Morgan fingerprint density at radius 1 is 0.947 bits per heavy atom. The molecule has 1 amide bonds. The molecule has 0 aromatic rings. The second-order valence-corrected chi connectivity index (χ2v) is 10.2. The summed E-state index contributed by atoms with van der Waals surface area (Å²) >= 11 is 0. The van der Waals surface area contributed by atoms with Crippen LogP contribution in [-0.4, -0.2) is 137 Å². The van der Waals surface area contributed by atoms with Crippen LogP contribution in [0.4, 0.5) is 0 Å². The number of hydrogen-bond acceptors (Lipinski definition) is 15. The van der Waals surface area contributed by atoms with E-state index in [1.807, 2.05) is 0 Å². The number of nitrogens with two attached hydrogens (primary N) is 5. The van der Waals surface area contributed by atoms with Gasteiger partial charge < -0.3 is 78.5 Å². The number of carbonyl (C=O) groups is 1. The smallest absolute Gasteiger partial charge is 0.249 e. The monoisotopic (exact) mass is 552 g/mol. The summed E-state index contributed by atoms with van der Waals surface area (Å²) < 4.78 is 23.3. The van der Waals surface area contributed by atoms with Gasteiger partial charge in [-0.25, -0.2) is 0 Å². The van der Waals surface area contributed by atoms with Gasteiger partial charge in [0.15, 0.2) is 12.6 Å². The second-order valence-electron chi connectivity index (χ2n) is 10.2. The maximum atomic E-state index is 12.6. The van der Waals surface area contributed by atoms with Crippen molar-refractivity contribution < 1.29 is 49.3 Å². The highest BCUT2D eigenvalue weighted by Gasteiger charge is 2.51. The van der Waals surface area contributed by atoms with Crippen LogP contribution in [0.25, 0.3) is 0 Å². The molecule has 0 aromatic heterocycles. The predicted molar refractivity (Wildman–Crippen MR) is 131 cm³/mol. The Balaban J connectivity index is 1.82. The normalized spacial score (nSPS) is 44.9. The molecule has 2 aliphatic heterocycles. The zero-order valence-corrected chi connectivity index (χ0v) is 21.2. The van der Waals surface area contributed by atoms with Crippen LogP contribution in [-0.2, 0) is 23.7 Å². The number of rotatable bonds is 10. The van der Waals surface area contributed by atoms with Gasteiger partial charge in [-0.1, -0.05) is 0 Å². The van der Waals surface area contributed by atoms with Gasteiger partial charge in [-0.3, -0.25) is 4.79 Å². The molecule has 3 fully saturated rings. The molecule has 0 radical (unpaired) electrons. The predicted octanol–water partition coefficient (Wildman–Crippen LogP) is -6.40. The molecule has 1 aliphatic carbocycles. The van der Waals surface area contributed by atoms with E-state index >= 15 is 0 Å². The summed E-state index contributed by atoms with van der Waals surface area (Å²) in [6, 6.07) is -3.54. The lowest BCUT2D eigenvalue weighted by Gasteiger charge is -2.48. The molecule has 16 N–H and O–H groups in total. The molecule has 222 valence electrons. The first kappa shape index (κ1) is 31.4. The minimum atomic E-state index is -1.55. The first-order valence-corrected chi connectivity index (χ1v) is 12.9. The lowest BCUT2D eigenvalue weighted by molar-refractivity contribution is -0.314. The number of amides is 1. The van der Waals surface area contributed by atoms with Gasteiger partial charge in [0.1, 0.15) is 42.7 Å². The third-order valence-corrected chi connectivity index (χ3v) is 7.37. The molecule has 0 unspecified atom stereocenters. The molecule has 0 spiro atoms. The first-order valence-electron chi connectivity index (χ1n) is 12.9. The number of carbonyl (C=O) groups excluding carboxylic acids is 1. The third-order valence-electron chi connectivity index (χ3n) is 7.37. The summed E-state index contributed by atoms with van der Waals surface area (Å²) in [4.78, 5) is 12.6. The largest absolute Gasteiger partial charge is 0.394 e. The van der Waals surface area contributed by atoms with Gasteiger partial charge in [0.2, 0.25) is 5.91 Å². The molecule has 3 aliphatic rings. The Bertz CT molecular complexity index is 755. The zero-order valence-electron chi connectivity index (χ0n) is 21.2. The summed E-state index contributed by atoms with van der Waals surface area (Å²) in [6.45, 7) is -0.296. The molecule has 2 saturated heterocycles. The maximum Gasteiger partial charge on any atom is 0.249 e. The topological polar surface area (TPSA) is 297 Å². The van der Waals surface area contributed by atoms with Gasteiger partial charge in [-0.2, -0.15) is 0 Å². The van der Waals surface area contributed by atoms with Crippen molar-refractivity contribution in [1.29, 1.82) is 0 Å². The van der Waals surface area contributed by atoms with Crippen LogP contribution in [0.5, 0.6) is 0 Å². The Hall–Kier alpha value is -1.09. The summed E-state index contributed by atoms with van der Waals surface area (Å²) in [5.74, 6) is -0.762. The Morgan fingerprint density at radius 3 is 2.26 bits per heavy atom. The van der Waals surface area contributed by atoms with E-state index in [1.54, 1.807) is 0 Å². The number of hydrogen-bond donors (Lipinski definition) is 11. The molecule has 0 bridgehead atoms. The average Bonchev–Trinajstić information content (AvgIpc) is 2.89. The van der Waals surface area contributed by atoms with Crippen LogP contribution in [0, 0.1) is 0 Å². The van der Waals surface area contributed by atoms with Crippen LogP contribution in [0.2, 0.25) is 0 Å². The van der Waals surface area contributed by atoms with Crippen molar-refractivity contribution in [2.75, 3.05) is 19.7 Å². The fourth-order valence-corrected chi connectivity index (χ4v) is 5.02. The molecular formula is C22H44N6O10. The van der Waals surface area contributed by atoms with Crippen LogP contribution in [0.3, 0.4) is 0 Å². The third kappa shape index (κ3) is 7.15. The van der Waals surface area contributed by atoms with E-state index in [0.29, 0.717) is 12.8 Å². The van der Waals surface area contributed by atoms with E-state index in [9.17, 15) is 30.3 Å². The van der Waals surface area contributed by atoms with Crippen LogP contribution in [0.15, 0.2) is 0 Å². The van der Waals surface area contributed by atoms with E-state index in [4.69, 9.17) is 47.6 Å². The molecule has 14 atom stereocenters. The van der Waals surface area contributed by atoms with Gasteiger partial charge >= 0.3 is 0 Å². The van der Waals surface area contributed by atoms with Crippen molar-refractivity contribution in [2.45, 2.75) is 111 Å². The number of aliphatic hydroxyl groups is 5. The van der Waals surface area contributed by atoms with Gasteiger partial charge in [0, 0.05) is 12.6 Å². The molecule has 1 saturated carbocycles. The molecule has 38 heavy (non-hydrogen) atoms. The van der Waals surface area contributed by atoms with Crippen molar-refractivity contribution in [2.24, 2.45) is 28.7 Å². The number of ether oxygens (including phenoxy) is 4. The number of nitrogens with one attached hydrogen (secondary N) is 1. The SMILES string of the molecule is NCC[C@@H](O)C(=O)N[C@@H]1C[C@H](N)[C@@H](O[C@H]2O[C@H](CN)CC[C@H]2N)[C@@H](O)[C@H]1O[C@H]1O[C@@H](CO)[C@@H](O)[C@H](N)[C@@H]1O. The highest BCUT2D eigenvalue weighted by atomic mass is 16.7. The Morgan fingerprint density at radius 2 is 1.63 bits per heavy atom. The Labute approximate surface area is 220 Å². The summed E-state index contributed by atoms with van der Waals surface area (Å²) in [5, 5.41) is 54.4. The van der Waals surface area contributed by atoms with Crippen LogP contribution < -0.4 is 34.0 Å². The molecule has 3 rings (SSSR count). The molecule has 16 heteroatoms. The van der Waals surface area contributed by atoms with Crippen LogP contribution >= 0.6 is 0 Å². The van der Waals surface area contributed by atoms with E-state index in [0.717, 1.165) is 0 Å². The van der Waals surface area contributed by atoms with E-state index in [-0.39, 0.29) is 32.0 Å². The van der Waals surface area contributed by atoms with E-state index in [2.05, 4.69) is 5.32 Å². The van der Waals surface area contributed by atoms with Crippen molar-refractivity contribution in [1.82, 2.24) is 5.32 Å². The molecule has 0 aromatic carbocycles. The van der Waals surface area contributed by atoms with E-state index < -0.39 is 92.0 Å². The van der Waals surface area contributed by atoms with Crippen LogP contribution in [0.1, 0.15) is 25.7 Å². The maximum absolute atomic E-state index is 12.6. The minimum absolute atomic E-state index is 0.000983. The van der Waals surface area contributed by atoms with Gasteiger partial charge in [-0.05, 0) is 32.2 Å². The van der Waals surface area contributed by atoms with E-state index in [1.165, 1.54) is 0 Å². The fraction of sp³-hybridized carbons (Fsp3) is 0.955. The lowest BCUT2D eigenvalue weighted by Crippen LogP contribution is -2.69. The second kappa shape index (κ2) is 14.0. The quantitative estimate of drug-likeness (QED) is 0.120. The van der Waals surface area contributed by atoms with Gasteiger partial charge in [0.05, 0.1) is 30.8 Å². The Kier molecular flexibility index (Phi) is 11.6. The standard InChI is InChI=1S/C22H44N6O10/c23-4-3-12(30)20(34)28-11-5-10(26)18(37-21-9(25)2-1-8(6-24)35-21)17(33)19(11)38-22-16(32)14(27)15(31)13(7-29)36-22/h8-19,21-22,29-33H,1-7,23-27H2,(H,28,34)/t8-,9+,10-,11+,12+,13-,14-,15+,16-,17+,18+,19-,21+,22+/m0/s1. The first-order chi connectivity index (χ1) is 18.0. The zero-order chi connectivity index (χ0) is 28.1. The minimum Gasteiger partial charge on any atom is -0.394 e. The lowest BCUT2D eigenvalue weighted by atomic mass is 9.83. The summed E-state index contributed by atoms with van der Waals surface area (Å²) in [7, 11) is 0. The summed E-state index contributed by atoms with van der Waals surface area (Å²) in [6.07, 6.45) is -10.8. The van der Waals surface area contributed by atoms with Crippen molar-refractivity contribution in [3.63, 3.8) is 0 Å². The number of aliphatic hydroxyl groups excluding tert-OH is 5. The van der Waals surface area contributed by atoms with Crippen molar-refractivity contribution >= 4 is 5.91 Å².